The van der Waals surface area contributed by atoms with E-state index >= 15 is 0 Å². The van der Waals surface area contributed by atoms with Crippen LogP contribution in [0.3, 0.4) is 0 Å². The molecule has 5 heteroatoms. The van der Waals surface area contributed by atoms with Crippen molar-refractivity contribution in [3.05, 3.63) is 23.8 Å². The van der Waals surface area contributed by atoms with E-state index in [4.69, 9.17) is 10.5 Å². The zero-order valence-electron chi connectivity index (χ0n) is 12.7. The van der Waals surface area contributed by atoms with Crippen LogP contribution < -0.4 is 10.6 Å². The molecular weight excluding hydrogens is 268 g/mol. The zero-order valence-corrected chi connectivity index (χ0v) is 12.7. The molecule has 0 saturated heterocycles. The van der Waals surface area contributed by atoms with Gasteiger partial charge in [-0.2, -0.15) is 0 Å². The Morgan fingerprint density at radius 1 is 1.43 bits per heavy atom. The molecule has 5 nitrogen and oxygen atoms in total. The second-order valence-electron chi connectivity index (χ2n) is 5.52. The molecule has 0 heterocycles. The van der Waals surface area contributed by atoms with Gasteiger partial charge in [-0.05, 0) is 38.0 Å². The molecule has 1 saturated carbocycles. The van der Waals surface area contributed by atoms with Gasteiger partial charge in [0, 0.05) is 7.05 Å². The molecule has 1 aromatic carbocycles. The fourth-order valence-corrected chi connectivity index (χ4v) is 2.94. The number of esters is 1. The number of hydrogen-bond acceptors (Lipinski definition) is 5. The van der Waals surface area contributed by atoms with Crippen LogP contribution in [0.2, 0.25) is 0 Å². The van der Waals surface area contributed by atoms with Gasteiger partial charge in [0.1, 0.15) is 0 Å². The van der Waals surface area contributed by atoms with Gasteiger partial charge in [0.15, 0.2) is 0 Å². The number of rotatable bonds is 4. The standard InChI is InChI=1S/C16H24N2O3/c1-3-21-16(20)11-8-9-13(12(17)10-11)18(2)14-6-4-5-7-15(14)19/h8-10,14-15,19H,3-7,17H2,1-2H3. The zero-order chi connectivity index (χ0) is 15.4. The minimum absolute atomic E-state index is 0.0782. The van der Waals surface area contributed by atoms with E-state index in [1.807, 2.05) is 18.0 Å². The number of benzene rings is 1. The van der Waals surface area contributed by atoms with Crippen LogP contribution in [0.15, 0.2) is 18.2 Å². The molecule has 1 aliphatic rings. The van der Waals surface area contributed by atoms with Crippen LogP contribution >= 0.6 is 0 Å². The van der Waals surface area contributed by atoms with Gasteiger partial charge in [-0.25, -0.2) is 4.79 Å². The Morgan fingerprint density at radius 3 is 2.76 bits per heavy atom. The Morgan fingerprint density at radius 2 is 2.14 bits per heavy atom. The number of nitrogens with zero attached hydrogens (tertiary/aromatic N) is 1. The minimum Gasteiger partial charge on any atom is -0.462 e. The first-order chi connectivity index (χ1) is 10.0. The summed E-state index contributed by atoms with van der Waals surface area (Å²) in [5.74, 6) is -0.365. The van der Waals surface area contributed by atoms with E-state index in [1.165, 1.54) is 0 Å². The first-order valence-corrected chi connectivity index (χ1v) is 7.52. The molecule has 0 aliphatic heterocycles. The van der Waals surface area contributed by atoms with Crippen molar-refractivity contribution in [1.29, 1.82) is 0 Å². The number of aliphatic hydroxyl groups excluding tert-OH is 1. The second kappa shape index (κ2) is 6.80. The number of nitrogens with two attached hydrogens (primary N) is 1. The molecule has 0 radical (unpaired) electrons. The van der Waals surface area contributed by atoms with Crippen molar-refractivity contribution in [3.8, 4) is 0 Å². The summed E-state index contributed by atoms with van der Waals surface area (Å²) in [6.07, 6.45) is 3.65. The van der Waals surface area contributed by atoms with Crippen LogP contribution in [0.25, 0.3) is 0 Å². The SMILES string of the molecule is CCOC(=O)c1ccc(N(C)C2CCCCC2O)c(N)c1. The van der Waals surface area contributed by atoms with Gasteiger partial charge in [0.25, 0.3) is 0 Å². The van der Waals surface area contributed by atoms with E-state index in [0.717, 1.165) is 31.4 Å². The lowest BCUT2D eigenvalue weighted by molar-refractivity contribution is 0.0526. The van der Waals surface area contributed by atoms with Crippen LogP contribution in [0, 0.1) is 0 Å². The number of anilines is 2. The fraction of sp³-hybridized carbons (Fsp3) is 0.562. The average molecular weight is 292 g/mol. The highest BCUT2D eigenvalue weighted by Crippen LogP contribution is 2.30. The summed E-state index contributed by atoms with van der Waals surface area (Å²) in [5, 5.41) is 10.1. The predicted octanol–water partition coefficient (Wildman–Crippen LogP) is 2.19. The Labute approximate surface area is 125 Å². The second-order valence-corrected chi connectivity index (χ2v) is 5.52. The molecule has 1 fully saturated rings. The predicted molar refractivity (Wildman–Crippen MR) is 83.5 cm³/mol. The molecule has 3 N–H and O–H groups in total. The highest BCUT2D eigenvalue weighted by Gasteiger charge is 2.27. The summed E-state index contributed by atoms with van der Waals surface area (Å²) in [4.78, 5) is 13.7. The lowest BCUT2D eigenvalue weighted by atomic mass is 9.91. The van der Waals surface area contributed by atoms with E-state index in [1.54, 1.807) is 19.1 Å². The molecule has 0 aromatic heterocycles. The van der Waals surface area contributed by atoms with Gasteiger partial charge in [-0.1, -0.05) is 12.8 Å². The van der Waals surface area contributed by atoms with E-state index in [2.05, 4.69) is 0 Å². The van der Waals surface area contributed by atoms with Crippen molar-refractivity contribution in [2.45, 2.75) is 44.8 Å². The molecule has 2 unspecified atom stereocenters. The van der Waals surface area contributed by atoms with Crippen molar-refractivity contribution in [2.24, 2.45) is 0 Å². The van der Waals surface area contributed by atoms with E-state index in [9.17, 15) is 9.90 Å². The molecule has 1 aliphatic carbocycles. The maximum absolute atomic E-state index is 11.7. The average Bonchev–Trinajstić information content (AvgIpc) is 2.47. The van der Waals surface area contributed by atoms with Crippen LogP contribution in [0.1, 0.15) is 43.0 Å². The summed E-state index contributed by atoms with van der Waals surface area (Å²) in [7, 11) is 1.94. The highest BCUT2D eigenvalue weighted by atomic mass is 16.5. The summed E-state index contributed by atoms with van der Waals surface area (Å²) in [5.41, 5.74) is 7.90. The van der Waals surface area contributed by atoms with Crippen LogP contribution in [0.5, 0.6) is 0 Å². The third kappa shape index (κ3) is 3.47. The smallest absolute Gasteiger partial charge is 0.338 e. The summed E-state index contributed by atoms with van der Waals surface area (Å²) in [6.45, 7) is 2.11. The number of aliphatic hydroxyl groups is 1. The minimum atomic E-state index is -0.365. The normalized spacial score (nSPS) is 21.9. The summed E-state index contributed by atoms with van der Waals surface area (Å²) < 4.78 is 4.97. The van der Waals surface area contributed by atoms with Crippen molar-refractivity contribution < 1.29 is 14.6 Å². The monoisotopic (exact) mass is 292 g/mol. The molecule has 116 valence electrons. The number of likely N-dealkylation sites (N-methyl/N-ethyl adjacent to an activating group) is 1. The Kier molecular flexibility index (Phi) is 5.07. The number of ether oxygens (including phenoxy) is 1. The first-order valence-electron chi connectivity index (χ1n) is 7.52. The van der Waals surface area contributed by atoms with E-state index in [-0.39, 0.29) is 18.1 Å². The number of carbonyl (C=O) groups excluding carboxylic acids is 1. The molecule has 1 aromatic rings. The van der Waals surface area contributed by atoms with Crippen molar-refractivity contribution in [2.75, 3.05) is 24.3 Å². The van der Waals surface area contributed by atoms with Crippen molar-refractivity contribution in [1.82, 2.24) is 0 Å². The van der Waals surface area contributed by atoms with Crippen LogP contribution in [0.4, 0.5) is 11.4 Å². The van der Waals surface area contributed by atoms with Crippen molar-refractivity contribution in [3.63, 3.8) is 0 Å². The van der Waals surface area contributed by atoms with Gasteiger partial charge in [-0.15, -0.1) is 0 Å². The van der Waals surface area contributed by atoms with Crippen molar-refractivity contribution >= 4 is 17.3 Å². The van der Waals surface area contributed by atoms with Crippen LogP contribution in [-0.2, 0) is 4.74 Å². The van der Waals surface area contributed by atoms with E-state index in [0.29, 0.717) is 17.9 Å². The van der Waals surface area contributed by atoms with Gasteiger partial charge < -0.3 is 20.5 Å². The molecule has 2 rings (SSSR count). The quantitative estimate of drug-likeness (QED) is 0.657. The maximum Gasteiger partial charge on any atom is 0.338 e. The molecule has 21 heavy (non-hydrogen) atoms. The third-order valence-electron chi connectivity index (χ3n) is 4.11. The summed E-state index contributed by atoms with van der Waals surface area (Å²) in [6, 6.07) is 5.26. The van der Waals surface area contributed by atoms with E-state index < -0.39 is 0 Å². The van der Waals surface area contributed by atoms with Gasteiger partial charge in [0.2, 0.25) is 0 Å². The molecular formula is C16H24N2O3. The Hall–Kier alpha value is -1.75. The molecule has 0 spiro atoms. The highest BCUT2D eigenvalue weighted by molar-refractivity contribution is 5.92. The fourth-order valence-electron chi connectivity index (χ4n) is 2.94. The van der Waals surface area contributed by atoms with Gasteiger partial charge >= 0.3 is 5.97 Å². The largest absolute Gasteiger partial charge is 0.462 e. The Bertz CT molecular complexity index is 504. The number of nitrogen functional groups attached to an aromatic ring is 1. The topological polar surface area (TPSA) is 75.8 Å². The molecule has 0 amide bonds. The lowest BCUT2D eigenvalue weighted by Crippen LogP contribution is -2.43. The maximum atomic E-state index is 11.7. The summed E-state index contributed by atoms with van der Waals surface area (Å²) >= 11 is 0. The molecule has 2 atom stereocenters. The van der Waals surface area contributed by atoms with Gasteiger partial charge in [0.05, 0.1) is 35.7 Å². The van der Waals surface area contributed by atoms with Crippen LogP contribution in [-0.4, -0.2) is 36.9 Å². The first kappa shape index (κ1) is 15.6. The third-order valence-corrected chi connectivity index (χ3v) is 4.11. The lowest BCUT2D eigenvalue weighted by Gasteiger charge is -2.37. The Balaban J connectivity index is 2.18. The number of hydrogen-bond donors (Lipinski definition) is 2. The number of carbonyl (C=O) groups is 1. The van der Waals surface area contributed by atoms with Gasteiger partial charge in [-0.3, -0.25) is 0 Å². The molecule has 0 bridgehead atoms.